The Hall–Kier alpha value is -1.32. The molecular weight excluding hydrogens is 180 g/mol. The predicted octanol–water partition coefficient (Wildman–Crippen LogP) is 2.12. The number of hydrogen-bond donors (Lipinski definition) is 1. The zero-order valence-corrected chi connectivity index (χ0v) is 9.26. The van der Waals surface area contributed by atoms with E-state index in [1.807, 2.05) is 20.8 Å². The van der Waals surface area contributed by atoms with Crippen molar-refractivity contribution in [3.8, 4) is 0 Å². The minimum absolute atomic E-state index is 0.483. The molecule has 0 aromatic heterocycles. The molecule has 4 nitrogen and oxygen atoms in total. The van der Waals surface area contributed by atoms with Crippen molar-refractivity contribution in [2.45, 2.75) is 33.3 Å². The third-order valence-electron chi connectivity index (χ3n) is 1.14. The summed E-state index contributed by atoms with van der Waals surface area (Å²) in [7, 11) is 0. The average molecular weight is 198 g/mol. The van der Waals surface area contributed by atoms with Gasteiger partial charge in [-0.25, -0.2) is 4.79 Å². The third kappa shape index (κ3) is 7.34. The topological polar surface area (TPSA) is 50.7 Å². The number of nitrogens with zero attached hydrogens (tertiary/aromatic N) is 1. The molecule has 14 heavy (non-hydrogen) atoms. The van der Waals surface area contributed by atoms with E-state index in [2.05, 4.69) is 16.9 Å². The minimum atomic E-state index is -0.484. The van der Waals surface area contributed by atoms with Gasteiger partial charge in [0.1, 0.15) is 11.4 Å². The minimum Gasteiger partial charge on any atom is -0.444 e. The van der Waals surface area contributed by atoms with E-state index in [0.29, 0.717) is 12.4 Å². The van der Waals surface area contributed by atoms with Crippen LogP contribution in [0.25, 0.3) is 0 Å². The van der Waals surface area contributed by atoms with Gasteiger partial charge in [0.15, 0.2) is 0 Å². The van der Waals surface area contributed by atoms with Crippen molar-refractivity contribution >= 4 is 11.9 Å². The van der Waals surface area contributed by atoms with Crippen LogP contribution in [0.5, 0.6) is 0 Å². The average Bonchev–Trinajstić information content (AvgIpc) is 1.96. The molecule has 0 aromatic rings. The van der Waals surface area contributed by atoms with E-state index < -0.39 is 11.7 Å². The Bertz CT molecular complexity index is 239. The van der Waals surface area contributed by atoms with Crippen LogP contribution in [0.4, 0.5) is 4.79 Å². The lowest BCUT2D eigenvalue weighted by Crippen LogP contribution is -2.35. The number of hydrogen-bond acceptors (Lipinski definition) is 3. The molecule has 0 unspecified atom stereocenters. The number of amidine groups is 1. The Morgan fingerprint density at radius 1 is 1.57 bits per heavy atom. The van der Waals surface area contributed by atoms with E-state index in [1.165, 1.54) is 0 Å². The van der Waals surface area contributed by atoms with Crippen LogP contribution in [0.1, 0.15) is 27.7 Å². The van der Waals surface area contributed by atoms with Crippen LogP contribution in [0.3, 0.4) is 0 Å². The molecular formula is C10H18N2O2. The molecule has 0 bridgehead atoms. The van der Waals surface area contributed by atoms with Gasteiger partial charge in [0.05, 0.1) is 6.54 Å². The lowest BCUT2D eigenvalue weighted by atomic mass is 10.2. The van der Waals surface area contributed by atoms with Gasteiger partial charge in [-0.1, -0.05) is 6.08 Å². The highest BCUT2D eigenvalue weighted by Gasteiger charge is 2.15. The van der Waals surface area contributed by atoms with E-state index in [4.69, 9.17) is 4.74 Å². The molecule has 0 atom stereocenters. The van der Waals surface area contributed by atoms with Gasteiger partial charge < -0.3 is 4.74 Å². The maximum Gasteiger partial charge on any atom is 0.413 e. The van der Waals surface area contributed by atoms with E-state index in [-0.39, 0.29) is 0 Å². The number of nitrogens with one attached hydrogen (secondary N) is 1. The first kappa shape index (κ1) is 12.7. The number of aliphatic imine (C=N–C) groups is 1. The van der Waals surface area contributed by atoms with Crippen molar-refractivity contribution < 1.29 is 9.53 Å². The number of amides is 1. The number of ether oxygens (including phenoxy) is 1. The fourth-order valence-corrected chi connectivity index (χ4v) is 0.692. The Balaban J connectivity index is 4.00. The standard InChI is InChI=1S/C10H18N2O2/c1-6-7-11-8(2)12-9(13)14-10(3,4)5/h6H,1,7H2,2-5H3,(H,11,12,13). The second-order valence-corrected chi connectivity index (χ2v) is 3.84. The summed E-state index contributed by atoms with van der Waals surface area (Å²) < 4.78 is 5.03. The van der Waals surface area contributed by atoms with Gasteiger partial charge in [0, 0.05) is 0 Å². The van der Waals surface area contributed by atoms with Crippen LogP contribution in [-0.4, -0.2) is 24.1 Å². The summed E-state index contributed by atoms with van der Waals surface area (Å²) in [5.74, 6) is 0.527. The molecule has 0 aliphatic carbocycles. The first-order valence-corrected chi connectivity index (χ1v) is 4.47. The van der Waals surface area contributed by atoms with Crippen LogP contribution in [0.2, 0.25) is 0 Å². The van der Waals surface area contributed by atoms with E-state index in [0.717, 1.165) is 0 Å². The maximum atomic E-state index is 11.2. The molecule has 0 saturated heterocycles. The van der Waals surface area contributed by atoms with Crippen molar-refractivity contribution in [1.29, 1.82) is 0 Å². The summed E-state index contributed by atoms with van der Waals surface area (Å²) >= 11 is 0. The largest absolute Gasteiger partial charge is 0.444 e. The quantitative estimate of drug-likeness (QED) is 0.419. The molecule has 1 amide bonds. The molecule has 0 heterocycles. The number of rotatable bonds is 2. The van der Waals surface area contributed by atoms with Crippen molar-refractivity contribution in [3.63, 3.8) is 0 Å². The van der Waals surface area contributed by atoms with Crippen molar-refractivity contribution in [2.24, 2.45) is 4.99 Å². The molecule has 4 heteroatoms. The third-order valence-corrected chi connectivity index (χ3v) is 1.14. The first-order valence-electron chi connectivity index (χ1n) is 4.47. The smallest absolute Gasteiger partial charge is 0.413 e. The summed E-state index contributed by atoms with van der Waals surface area (Å²) in [4.78, 5) is 15.2. The Morgan fingerprint density at radius 2 is 2.14 bits per heavy atom. The lowest BCUT2D eigenvalue weighted by Gasteiger charge is -2.19. The summed E-state index contributed by atoms with van der Waals surface area (Å²) in [6.45, 7) is 11.1. The number of carbonyl (C=O) groups excluding carboxylic acids is 1. The van der Waals surface area contributed by atoms with Crippen LogP contribution < -0.4 is 5.32 Å². The van der Waals surface area contributed by atoms with Gasteiger partial charge in [0.2, 0.25) is 0 Å². The predicted molar refractivity (Wildman–Crippen MR) is 57.5 cm³/mol. The molecule has 0 fully saturated rings. The molecule has 0 radical (unpaired) electrons. The Labute approximate surface area is 85.1 Å². The summed E-state index contributed by atoms with van der Waals surface area (Å²) in [5.41, 5.74) is -0.483. The molecule has 0 aliphatic heterocycles. The second kappa shape index (κ2) is 5.42. The number of alkyl carbamates (subject to hydrolysis) is 1. The summed E-state index contributed by atoms with van der Waals surface area (Å²) in [6, 6.07) is 0. The Morgan fingerprint density at radius 3 is 2.57 bits per heavy atom. The maximum absolute atomic E-state index is 11.2. The van der Waals surface area contributed by atoms with E-state index >= 15 is 0 Å². The highest BCUT2D eigenvalue weighted by Crippen LogP contribution is 2.06. The molecule has 1 N–H and O–H groups in total. The highest BCUT2D eigenvalue weighted by molar-refractivity contribution is 5.93. The molecule has 80 valence electrons. The highest BCUT2D eigenvalue weighted by atomic mass is 16.6. The zero-order chi connectivity index (χ0) is 11.2. The summed E-state index contributed by atoms with van der Waals surface area (Å²) in [5, 5.41) is 2.51. The van der Waals surface area contributed by atoms with Gasteiger partial charge in [-0.2, -0.15) is 0 Å². The molecule has 0 saturated carbocycles. The monoisotopic (exact) mass is 198 g/mol. The molecule has 0 spiro atoms. The normalized spacial score (nSPS) is 12.1. The van der Waals surface area contributed by atoms with Gasteiger partial charge in [0.25, 0.3) is 0 Å². The van der Waals surface area contributed by atoms with Crippen molar-refractivity contribution in [1.82, 2.24) is 5.32 Å². The van der Waals surface area contributed by atoms with Crippen LogP contribution in [0, 0.1) is 0 Å². The molecule has 0 rings (SSSR count). The SMILES string of the molecule is C=CCN=C(C)NC(=O)OC(C)(C)C. The van der Waals surface area contributed by atoms with Crippen LogP contribution >= 0.6 is 0 Å². The number of carbonyl (C=O) groups is 1. The van der Waals surface area contributed by atoms with E-state index in [1.54, 1.807) is 13.0 Å². The fourth-order valence-electron chi connectivity index (χ4n) is 0.692. The van der Waals surface area contributed by atoms with Gasteiger partial charge in [-0.05, 0) is 27.7 Å². The van der Waals surface area contributed by atoms with Gasteiger partial charge >= 0.3 is 6.09 Å². The molecule has 0 aliphatic rings. The van der Waals surface area contributed by atoms with E-state index in [9.17, 15) is 4.79 Å². The summed E-state index contributed by atoms with van der Waals surface area (Å²) in [6.07, 6.45) is 1.17. The second-order valence-electron chi connectivity index (χ2n) is 3.84. The molecule has 0 aromatic carbocycles. The fraction of sp³-hybridized carbons (Fsp3) is 0.600. The van der Waals surface area contributed by atoms with Crippen molar-refractivity contribution in [2.75, 3.05) is 6.54 Å². The van der Waals surface area contributed by atoms with Crippen molar-refractivity contribution in [3.05, 3.63) is 12.7 Å². The van der Waals surface area contributed by atoms with Crippen LogP contribution in [-0.2, 0) is 4.74 Å². The van der Waals surface area contributed by atoms with Crippen LogP contribution in [0.15, 0.2) is 17.6 Å². The first-order chi connectivity index (χ1) is 6.35. The lowest BCUT2D eigenvalue weighted by molar-refractivity contribution is 0.0563. The zero-order valence-electron chi connectivity index (χ0n) is 9.26. The Kier molecular flexibility index (Phi) is 4.91. The van der Waals surface area contributed by atoms with Gasteiger partial charge in [-0.15, -0.1) is 6.58 Å². The van der Waals surface area contributed by atoms with Gasteiger partial charge in [-0.3, -0.25) is 10.3 Å².